The predicted molar refractivity (Wildman–Crippen MR) is 87.1 cm³/mol. The molecule has 132 valence electrons. The maximum atomic E-state index is 13.3. The summed E-state index contributed by atoms with van der Waals surface area (Å²) in [4.78, 5) is 25.0. The number of piperidine rings is 2. The number of nitrogens with zero attached hydrogens (tertiary/aromatic N) is 4. The second-order valence-electron chi connectivity index (χ2n) is 6.69. The van der Waals surface area contributed by atoms with Crippen molar-refractivity contribution in [3.63, 3.8) is 0 Å². The minimum atomic E-state index is -2.62. The first-order valence-corrected chi connectivity index (χ1v) is 8.71. The lowest BCUT2D eigenvalue weighted by Crippen LogP contribution is -2.49. The minimum absolute atomic E-state index is 0.0139. The van der Waals surface area contributed by atoms with E-state index in [1.54, 1.807) is 11.2 Å². The Balaban J connectivity index is 1.63. The number of aromatic nitrogens is 2. The van der Waals surface area contributed by atoms with Gasteiger partial charge < -0.3 is 9.80 Å². The number of carbonyl (C=O) groups excluding carboxylic acids is 1. The van der Waals surface area contributed by atoms with E-state index >= 15 is 0 Å². The highest BCUT2D eigenvalue weighted by molar-refractivity contribution is 5.80. The summed E-state index contributed by atoms with van der Waals surface area (Å²) in [6, 6.07) is 1.97. The van der Waals surface area contributed by atoms with Crippen molar-refractivity contribution in [3.8, 4) is 0 Å². The van der Waals surface area contributed by atoms with E-state index in [0.717, 1.165) is 37.3 Å². The molecule has 1 aromatic heterocycles. The average Bonchev–Trinajstić information content (AvgIpc) is 2.61. The number of hydrogen-bond acceptors (Lipinski definition) is 4. The van der Waals surface area contributed by atoms with Gasteiger partial charge in [-0.15, -0.1) is 0 Å². The second kappa shape index (κ2) is 6.99. The highest BCUT2D eigenvalue weighted by Gasteiger charge is 2.38. The molecule has 0 N–H and O–H groups in total. The first kappa shape index (κ1) is 17.0. The van der Waals surface area contributed by atoms with Crippen LogP contribution in [0.1, 0.15) is 38.3 Å². The van der Waals surface area contributed by atoms with E-state index in [1.165, 1.54) is 0 Å². The summed E-state index contributed by atoms with van der Waals surface area (Å²) >= 11 is 0. The Morgan fingerprint density at radius 1 is 1.29 bits per heavy atom. The summed E-state index contributed by atoms with van der Waals surface area (Å²) in [5, 5.41) is 0. The Labute approximate surface area is 141 Å². The molecule has 1 amide bonds. The summed E-state index contributed by atoms with van der Waals surface area (Å²) in [5.41, 5.74) is 0.978. The van der Waals surface area contributed by atoms with E-state index in [4.69, 9.17) is 0 Å². The molecule has 0 saturated carbocycles. The molecule has 24 heavy (non-hydrogen) atoms. The molecule has 3 heterocycles. The SMILES string of the molecule is CCc1cc(N2CCCC(C(=O)N3CCC(F)(F)CC3)C2)ncn1. The molecule has 0 aliphatic carbocycles. The fourth-order valence-electron chi connectivity index (χ4n) is 3.45. The average molecular weight is 338 g/mol. The number of likely N-dealkylation sites (tertiary alicyclic amines) is 1. The molecule has 2 fully saturated rings. The van der Waals surface area contributed by atoms with E-state index in [9.17, 15) is 13.6 Å². The van der Waals surface area contributed by atoms with E-state index in [2.05, 4.69) is 14.9 Å². The van der Waals surface area contributed by atoms with Gasteiger partial charge in [0.2, 0.25) is 5.91 Å². The van der Waals surface area contributed by atoms with Gasteiger partial charge in [0.25, 0.3) is 5.92 Å². The van der Waals surface area contributed by atoms with Crippen LogP contribution in [0, 0.1) is 5.92 Å². The first-order valence-electron chi connectivity index (χ1n) is 8.71. The molecule has 1 unspecified atom stereocenters. The topological polar surface area (TPSA) is 49.3 Å². The van der Waals surface area contributed by atoms with E-state index in [0.29, 0.717) is 6.54 Å². The Kier molecular flexibility index (Phi) is 4.96. The van der Waals surface area contributed by atoms with Crippen LogP contribution in [0.2, 0.25) is 0 Å². The number of anilines is 1. The Morgan fingerprint density at radius 3 is 2.75 bits per heavy atom. The minimum Gasteiger partial charge on any atom is -0.356 e. The molecule has 2 saturated heterocycles. The van der Waals surface area contributed by atoms with Crippen molar-refractivity contribution >= 4 is 11.7 Å². The van der Waals surface area contributed by atoms with E-state index < -0.39 is 5.92 Å². The fraction of sp³-hybridized carbons (Fsp3) is 0.706. The Bertz CT molecular complexity index is 586. The van der Waals surface area contributed by atoms with E-state index in [-0.39, 0.29) is 37.8 Å². The standard InChI is InChI=1S/C17H24F2N4O/c1-2-14-10-15(21-12-20-14)23-7-3-4-13(11-23)16(24)22-8-5-17(18,19)6-9-22/h10,12-13H,2-9,11H2,1H3. The van der Waals surface area contributed by atoms with Crippen LogP contribution in [0.25, 0.3) is 0 Å². The zero-order chi connectivity index (χ0) is 17.2. The number of halogens is 2. The molecule has 0 radical (unpaired) electrons. The Hall–Kier alpha value is -1.79. The zero-order valence-electron chi connectivity index (χ0n) is 14.0. The third kappa shape index (κ3) is 3.82. The van der Waals surface area contributed by atoms with Gasteiger partial charge in [0.15, 0.2) is 0 Å². The molecule has 0 spiro atoms. The largest absolute Gasteiger partial charge is 0.356 e. The first-order chi connectivity index (χ1) is 11.5. The van der Waals surface area contributed by atoms with Gasteiger partial charge in [-0.1, -0.05) is 6.92 Å². The normalized spacial score (nSPS) is 24.0. The molecule has 7 heteroatoms. The van der Waals surface area contributed by atoms with Crippen LogP contribution in [0.3, 0.4) is 0 Å². The lowest BCUT2D eigenvalue weighted by molar-refractivity contribution is -0.141. The molecule has 0 bridgehead atoms. The lowest BCUT2D eigenvalue weighted by Gasteiger charge is -2.38. The summed E-state index contributed by atoms with van der Waals surface area (Å²) < 4.78 is 26.6. The van der Waals surface area contributed by atoms with Crippen LogP contribution in [0.4, 0.5) is 14.6 Å². The van der Waals surface area contributed by atoms with Crippen LogP contribution >= 0.6 is 0 Å². The van der Waals surface area contributed by atoms with Crippen LogP contribution < -0.4 is 4.90 Å². The monoisotopic (exact) mass is 338 g/mol. The van der Waals surface area contributed by atoms with Crippen molar-refractivity contribution in [2.24, 2.45) is 5.92 Å². The predicted octanol–water partition coefficient (Wildman–Crippen LogP) is 2.51. The summed E-state index contributed by atoms with van der Waals surface area (Å²) in [7, 11) is 0. The number of hydrogen-bond donors (Lipinski definition) is 0. The van der Waals surface area contributed by atoms with Crippen LogP contribution in [-0.2, 0) is 11.2 Å². The highest BCUT2D eigenvalue weighted by atomic mass is 19.3. The maximum Gasteiger partial charge on any atom is 0.251 e. The molecule has 1 aromatic rings. The van der Waals surface area contributed by atoms with Gasteiger partial charge in [-0.25, -0.2) is 18.7 Å². The number of carbonyl (C=O) groups is 1. The Morgan fingerprint density at radius 2 is 2.04 bits per heavy atom. The molecule has 0 aromatic carbocycles. The zero-order valence-corrected chi connectivity index (χ0v) is 14.0. The van der Waals surface area contributed by atoms with Gasteiger partial charge in [-0.3, -0.25) is 4.79 Å². The van der Waals surface area contributed by atoms with E-state index in [1.807, 2.05) is 13.0 Å². The quantitative estimate of drug-likeness (QED) is 0.850. The third-order valence-electron chi connectivity index (χ3n) is 4.97. The highest BCUT2D eigenvalue weighted by Crippen LogP contribution is 2.30. The second-order valence-corrected chi connectivity index (χ2v) is 6.69. The van der Waals surface area contributed by atoms with Crippen LogP contribution in [0.15, 0.2) is 12.4 Å². The van der Waals surface area contributed by atoms with Gasteiger partial charge in [0.05, 0.1) is 5.92 Å². The van der Waals surface area contributed by atoms with Gasteiger partial charge in [-0.05, 0) is 19.3 Å². The molecule has 2 aliphatic heterocycles. The van der Waals surface area contributed by atoms with Crippen molar-refractivity contribution in [1.82, 2.24) is 14.9 Å². The van der Waals surface area contributed by atoms with Crippen molar-refractivity contribution < 1.29 is 13.6 Å². The molecule has 1 atom stereocenters. The van der Waals surface area contributed by atoms with Gasteiger partial charge in [0.1, 0.15) is 12.1 Å². The van der Waals surface area contributed by atoms with Gasteiger partial charge >= 0.3 is 0 Å². The van der Waals surface area contributed by atoms with Crippen LogP contribution in [-0.4, -0.2) is 52.9 Å². The smallest absolute Gasteiger partial charge is 0.251 e. The van der Waals surface area contributed by atoms with Gasteiger partial charge in [-0.2, -0.15) is 0 Å². The molecule has 5 nitrogen and oxygen atoms in total. The summed E-state index contributed by atoms with van der Waals surface area (Å²) in [6.45, 7) is 3.83. The molecule has 3 rings (SSSR count). The summed E-state index contributed by atoms with van der Waals surface area (Å²) in [5.74, 6) is -1.89. The molecular formula is C17H24F2N4O. The fourth-order valence-corrected chi connectivity index (χ4v) is 3.45. The van der Waals surface area contributed by atoms with Crippen molar-refractivity contribution in [1.29, 1.82) is 0 Å². The third-order valence-corrected chi connectivity index (χ3v) is 4.97. The molecule has 2 aliphatic rings. The van der Waals surface area contributed by atoms with Crippen molar-refractivity contribution in [3.05, 3.63) is 18.1 Å². The summed E-state index contributed by atoms with van der Waals surface area (Å²) in [6.07, 6.45) is 3.68. The van der Waals surface area contributed by atoms with Crippen LogP contribution in [0.5, 0.6) is 0 Å². The number of rotatable bonds is 3. The number of amides is 1. The maximum absolute atomic E-state index is 13.3. The molecular weight excluding hydrogens is 314 g/mol. The van der Waals surface area contributed by atoms with Crippen molar-refractivity contribution in [2.75, 3.05) is 31.1 Å². The number of aryl methyl sites for hydroxylation is 1. The lowest BCUT2D eigenvalue weighted by atomic mass is 9.95. The van der Waals surface area contributed by atoms with Crippen molar-refractivity contribution in [2.45, 2.75) is 45.0 Å². The van der Waals surface area contributed by atoms with Gasteiger partial charge in [0, 0.05) is 50.8 Å². The number of alkyl halides is 2.